The Morgan fingerprint density at radius 2 is 1.92 bits per heavy atom. The van der Waals surface area contributed by atoms with Gasteiger partial charge in [-0.3, -0.25) is 23.5 Å². The number of carboxylic acids is 1. The van der Waals surface area contributed by atoms with E-state index < -0.39 is 23.1 Å². The standard InChI is InChI=1S/C17H17N3O5/c1-18-14(21)6-7-19(17(18)25)10-15(22)20-8-11-4-2-3-5-12(11)13(9-20)16(23)24/h2-7,13H,8-10H2,1H3,(H,23,24). The van der Waals surface area contributed by atoms with Gasteiger partial charge in [-0.2, -0.15) is 0 Å². The second-order valence-electron chi connectivity index (χ2n) is 5.99. The third-order valence-corrected chi connectivity index (χ3v) is 4.41. The van der Waals surface area contributed by atoms with E-state index in [-0.39, 0.29) is 19.0 Å². The van der Waals surface area contributed by atoms with Crippen molar-refractivity contribution in [3.8, 4) is 0 Å². The Balaban J connectivity index is 1.87. The SMILES string of the molecule is Cn1c(=O)ccn(CC(=O)N2Cc3ccccc3C(C(=O)O)C2)c1=O. The van der Waals surface area contributed by atoms with E-state index in [9.17, 15) is 24.3 Å². The Bertz CT molecular complexity index is 959. The fourth-order valence-electron chi connectivity index (χ4n) is 2.99. The summed E-state index contributed by atoms with van der Waals surface area (Å²) in [7, 11) is 1.34. The van der Waals surface area contributed by atoms with E-state index >= 15 is 0 Å². The number of aromatic nitrogens is 2. The van der Waals surface area contributed by atoms with Gasteiger partial charge in [-0.05, 0) is 11.1 Å². The quantitative estimate of drug-likeness (QED) is 0.829. The Labute approximate surface area is 142 Å². The van der Waals surface area contributed by atoms with Crippen molar-refractivity contribution < 1.29 is 14.7 Å². The van der Waals surface area contributed by atoms with Gasteiger partial charge >= 0.3 is 11.7 Å². The van der Waals surface area contributed by atoms with Gasteiger partial charge in [0.25, 0.3) is 5.56 Å². The predicted octanol–water partition coefficient (Wildman–Crippen LogP) is -0.242. The van der Waals surface area contributed by atoms with Gasteiger partial charge in [0.05, 0.1) is 5.92 Å². The van der Waals surface area contributed by atoms with Crippen LogP contribution in [0.1, 0.15) is 17.0 Å². The first-order valence-electron chi connectivity index (χ1n) is 7.73. The van der Waals surface area contributed by atoms with Crippen LogP contribution in [0.3, 0.4) is 0 Å². The number of rotatable bonds is 3. The van der Waals surface area contributed by atoms with E-state index in [1.807, 2.05) is 0 Å². The van der Waals surface area contributed by atoms with Crippen molar-refractivity contribution in [1.82, 2.24) is 14.0 Å². The Hall–Kier alpha value is -3.16. The highest BCUT2D eigenvalue weighted by atomic mass is 16.4. The van der Waals surface area contributed by atoms with Crippen LogP contribution in [0, 0.1) is 0 Å². The minimum Gasteiger partial charge on any atom is -0.481 e. The van der Waals surface area contributed by atoms with Crippen LogP contribution in [0.2, 0.25) is 0 Å². The number of fused-ring (bicyclic) bond motifs is 1. The van der Waals surface area contributed by atoms with Gasteiger partial charge in [-0.25, -0.2) is 4.79 Å². The molecule has 8 heteroatoms. The van der Waals surface area contributed by atoms with Crippen LogP contribution in [-0.4, -0.2) is 37.6 Å². The van der Waals surface area contributed by atoms with Crippen LogP contribution in [0.15, 0.2) is 46.1 Å². The summed E-state index contributed by atoms with van der Waals surface area (Å²) in [5.41, 5.74) is 0.445. The van der Waals surface area contributed by atoms with Gasteiger partial charge in [0.15, 0.2) is 0 Å². The molecule has 8 nitrogen and oxygen atoms in total. The number of nitrogens with zero attached hydrogens (tertiary/aromatic N) is 3. The van der Waals surface area contributed by atoms with E-state index in [4.69, 9.17) is 0 Å². The van der Waals surface area contributed by atoms with E-state index in [0.29, 0.717) is 12.1 Å². The molecule has 0 saturated carbocycles. The lowest BCUT2D eigenvalue weighted by atomic mass is 9.90. The van der Waals surface area contributed by atoms with Gasteiger partial charge in [0.2, 0.25) is 5.91 Å². The molecular formula is C17H17N3O5. The zero-order valence-corrected chi connectivity index (χ0v) is 13.6. The van der Waals surface area contributed by atoms with E-state index in [1.54, 1.807) is 24.3 Å². The van der Waals surface area contributed by atoms with Crippen LogP contribution < -0.4 is 11.2 Å². The van der Waals surface area contributed by atoms with Crippen LogP contribution in [0.25, 0.3) is 0 Å². The molecular weight excluding hydrogens is 326 g/mol. The second kappa shape index (κ2) is 6.39. The summed E-state index contributed by atoms with van der Waals surface area (Å²) < 4.78 is 2.05. The van der Waals surface area contributed by atoms with Crippen LogP contribution in [0.4, 0.5) is 0 Å². The third-order valence-electron chi connectivity index (χ3n) is 4.41. The highest BCUT2D eigenvalue weighted by Gasteiger charge is 2.32. The number of carbonyl (C=O) groups is 2. The number of carbonyl (C=O) groups excluding carboxylic acids is 1. The molecule has 1 amide bonds. The lowest BCUT2D eigenvalue weighted by Crippen LogP contribution is -2.44. The van der Waals surface area contributed by atoms with E-state index in [0.717, 1.165) is 14.7 Å². The zero-order valence-electron chi connectivity index (χ0n) is 13.6. The molecule has 0 aliphatic carbocycles. The van der Waals surface area contributed by atoms with Crippen molar-refractivity contribution >= 4 is 11.9 Å². The Kier molecular flexibility index (Phi) is 4.26. The largest absolute Gasteiger partial charge is 0.481 e. The molecule has 2 heterocycles. The molecule has 1 aliphatic heterocycles. The second-order valence-corrected chi connectivity index (χ2v) is 5.99. The topological polar surface area (TPSA) is 102 Å². The normalized spacial score (nSPS) is 16.4. The third kappa shape index (κ3) is 3.10. The molecule has 2 aromatic rings. The maximum Gasteiger partial charge on any atom is 0.331 e. The molecule has 1 atom stereocenters. The number of amides is 1. The summed E-state index contributed by atoms with van der Waals surface area (Å²) in [6.45, 7) is 0.0897. The van der Waals surface area contributed by atoms with Crippen molar-refractivity contribution in [1.29, 1.82) is 0 Å². The lowest BCUT2D eigenvalue weighted by molar-refractivity contribution is -0.141. The minimum atomic E-state index is -0.996. The molecule has 0 saturated heterocycles. The molecule has 1 aromatic carbocycles. The predicted molar refractivity (Wildman–Crippen MR) is 88.2 cm³/mol. The van der Waals surface area contributed by atoms with Crippen LogP contribution in [-0.2, 0) is 29.7 Å². The highest BCUT2D eigenvalue weighted by molar-refractivity contribution is 5.81. The first kappa shape index (κ1) is 16.7. The average molecular weight is 343 g/mol. The highest BCUT2D eigenvalue weighted by Crippen LogP contribution is 2.28. The van der Waals surface area contributed by atoms with Crippen LogP contribution >= 0.6 is 0 Å². The molecule has 130 valence electrons. The Morgan fingerprint density at radius 1 is 1.20 bits per heavy atom. The molecule has 0 spiro atoms. The van der Waals surface area contributed by atoms with Crippen molar-refractivity contribution in [2.24, 2.45) is 7.05 Å². The fourth-order valence-corrected chi connectivity index (χ4v) is 2.99. The van der Waals surface area contributed by atoms with E-state index in [1.165, 1.54) is 24.2 Å². The molecule has 0 bridgehead atoms. The molecule has 0 radical (unpaired) electrons. The summed E-state index contributed by atoms with van der Waals surface area (Å²) in [5.74, 6) is -2.17. The first-order chi connectivity index (χ1) is 11.9. The molecule has 1 unspecified atom stereocenters. The van der Waals surface area contributed by atoms with Gasteiger partial charge in [-0.15, -0.1) is 0 Å². The number of aliphatic carboxylic acids is 1. The van der Waals surface area contributed by atoms with Crippen molar-refractivity contribution in [2.45, 2.75) is 19.0 Å². The molecule has 1 aromatic heterocycles. The number of carboxylic acid groups (broad SMARTS) is 1. The first-order valence-corrected chi connectivity index (χ1v) is 7.73. The molecule has 25 heavy (non-hydrogen) atoms. The number of hydrogen-bond donors (Lipinski definition) is 1. The average Bonchev–Trinajstić information content (AvgIpc) is 2.61. The van der Waals surface area contributed by atoms with Gasteiger partial charge in [-0.1, -0.05) is 24.3 Å². The monoisotopic (exact) mass is 343 g/mol. The maximum atomic E-state index is 12.6. The van der Waals surface area contributed by atoms with Crippen LogP contribution in [0.5, 0.6) is 0 Å². The number of benzene rings is 1. The summed E-state index contributed by atoms with van der Waals surface area (Å²) in [5, 5.41) is 9.45. The van der Waals surface area contributed by atoms with Crippen molar-refractivity contribution in [3.63, 3.8) is 0 Å². The molecule has 3 rings (SSSR count). The summed E-state index contributed by atoms with van der Waals surface area (Å²) in [6.07, 6.45) is 1.27. The molecule has 0 fully saturated rings. The smallest absolute Gasteiger partial charge is 0.331 e. The van der Waals surface area contributed by atoms with Crippen molar-refractivity contribution in [2.75, 3.05) is 6.54 Å². The van der Waals surface area contributed by atoms with Gasteiger partial charge in [0, 0.05) is 32.4 Å². The fraction of sp³-hybridized carbons (Fsp3) is 0.294. The lowest BCUT2D eigenvalue weighted by Gasteiger charge is -2.33. The zero-order chi connectivity index (χ0) is 18.1. The summed E-state index contributed by atoms with van der Waals surface area (Å²) >= 11 is 0. The Morgan fingerprint density at radius 3 is 2.64 bits per heavy atom. The number of hydrogen-bond acceptors (Lipinski definition) is 4. The van der Waals surface area contributed by atoms with E-state index in [2.05, 4.69) is 0 Å². The summed E-state index contributed by atoms with van der Waals surface area (Å²) in [4.78, 5) is 49.0. The van der Waals surface area contributed by atoms with Gasteiger partial charge in [0.1, 0.15) is 6.54 Å². The molecule has 1 N–H and O–H groups in total. The van der Waals surface area contributed by atoms with Gasteiger partial charge < -0.3 is 10.0 Å². The van der Waals surface area contributed by atoms with Crippen molar-refractivity contribution in [3.05, 3.63) is 68.5 Å². The summed E-state index contributed by atoms with van der Waals surface area (Å²) in [6, 6.07) is 8.33. The maximum absolute atomic E-state index is 12.6. The minimum absolute atomic E-state index is 0.0473. The molecule has 1 aliphatic rings.